The molecule has 2 aromatic heterocycles. The van der Waals surface area contributed by atoms with Crippen LogP contribution in [-0.4, -0.2) is 22.3 Å². The second kappa shape index (κ2) is 3.41. The smallest absolute Gasteiger partial charge is 0.370 e. The summed E-state index contributed by atoms with van der Waals surface area (Å²) in [6, 6.07) is 0. The maximum atomic E-state index is 11.5. The summed E-state index contributed by atoms with van der Waals surface area (Å²) < 4.78 is 13.7. The number of nitro groups is 1. The predicted molar refractivity (Wildman–Crippen MR) is 54.6 cm³/mol. The lowest BCUT2D eigenvalue weighted by Crippen LogP contribution is -2.13. The van der Waals surface area contributed by atoms with Gasteiger partial charge in [-0.25, -0.2) is 0 Å². The number of nitrogens with one attached hydrogen (secondary N) is 2. The highest BCUT2D eigenvalue weighted by Crippen LogP contribution is 2.38. The van der Waals surface area contributed by atoms with Gasteiger partial charge >= 0.3 is 22.2 Å². The topological polar surface area (TPSA) is 156 Å². The first-order valence-electron chi connectivity index (χ1n) is 4.79. The SMILES string of the molecule is COc1c([N+](=O)[O-])c2[nH]o[n+](=O)c2c2[nH]o[n+](=O)c12. The molecule has 0 fully saturated rings. The van der Waals surface area contributed by atoms with Crippen molar-refractivity contribution in [1.82, 2.24) is 10.3 Å². The van der Waals surface area contributed by atoms with Crippen LogP contribution in [-0.2, 0) is 0 Å². The Morgan fingerprint density at radius 2 is 1.74 bits per heavy atom. The molecule has 3 aromatic rings. The molecule has 0 aliphatic rings. The molecule has 0 radical (unpaired) electrons. The maximum Gasteiger partial charge on any atom is 0.370 e. The number of fused-ring (bicyclic) bond motifs is 3. The first kappa shape index (κ1) is 10.9. The van der Waals surface area contributed by atoms with Crippen molar-refractivity contribution in [2.75, 3.05) is 7.11 Å². The largest absolute Gasteiger partial charge is 0.487 e. The molecular formula is C7H5N5O7+2. The van der Waals surface area contributed by atoms with Crippen LogP contribution in [0.2, 0.25) is 0 Å². The van der Waals surface area contributed by atoms with Gasteiger partial charge < -0.3 is 4.74 Å². The summed E-state index contributed by atoms with van der Waals surface area (Å²) in [5, 5.41) is 15.3. The number of rotatable bonds is 2. The van der Waals surface area contributed by atoms with E-state index in [0.29, 0.717) is 0 Å². The number of ether oxygens (including phenoxy) is 1. The molecule has 0 aliphatic heterocycles. The molecule has 0 unspecified atom stereocenters. The number of aromatic nitrogens is 4. The van der Waals surface area contributed by atoms with Crippen molar-refractivity contribution in [2.24, 2.45) is 0 Å². The minimum Gasteiger partial charge on any atom is -0.487 e. The molecule has 3 rings (SSSR count). The first-order valence-corrected chi connectivity index (χ1v) is 4.79. The van der Waals surface area contributed by atoms with E-state index < -0.39 is 10.6 Å². The second-order valence-corrected chi connectivity index (χ2v) is 3.49. The van der Waals surface area contributed by atoms with Gasteiger partial charge in [-0.2, -0.15) is 0 Å². The fourth-order valence-electron chi connectivity index (χ4n) is 1.87. The number of hydrogen-bond acceptors (Lipinski definition) is 7. The molecular weight excluding hydrogens is 266 g/mol. The number of H-pyrrole nitrogens is 2. The van der Waals surface area contributed by atoms with E-state index >= 15 is 0 Å². The third-order valence-corrected chi connectivity index (χ3v) is 2.59. The maximum absolute atomic E-state index is 11.5. The van der Waals surface area contributed by atoms with Crippen LogP contribution in [0.1, 0.15) is 0 Å². The minimum atomic E-state index is -0.806. The summed E-state index contributed by atoms with van der Waals surface area (Å²) in [7, 11) is 1.14. The lowest BCUT2D eigenvalue weighted by Gasteiger charge is -1.96. The molecule has 0 bridgehead atoms. The number of aromatic amines is 2. The Labute approximate surface area is 99.9 Å². The zero-order valence-electron chi connectivity index (χ0n) is 9.20. The minimum absolute atomic E-state index is 0.0177. The van der Waals surface area contributed by atoms with Gasteiger partial charge in [-0.1, -0.05) is 19.6 Å². The van der Waals surface area contributed by atoms with Gasteiger partial charge in [0.05, 0.1) is 12.0 Å². The van der Waals surface area contributed by atoms with E-state index in [1.807, 2.05) is 0 Å². The molecule has 12 heteroatoms. The Hall–Kier alpha value is -3.18. The number of methoxy groups -OCH3 is 1. The van der Waals surface area contributed by atoms with Gasteiger partial charge in [0, 0.05) is 0 Å². The van der Waals surface area contributed by atoms with Crippen molar-refractivity contribution in [3.63, 3.8) is 0 Å². The van der Waals surface area contributed by atoms with Gasteiger partial charge in [0.1, 0.15) is 0 Å². The van der Waals surface area contributed by atoms with Crippen LogP contribution in [0.3, 0.4) is 0 Å². The van der Waals surface area contributed by atoms with Crippen LogP contribution in [0.5, 0.6) is 5.75 Å². The molecule has 0 saturated heterocycles. The molecule has 0 amide bonds. The van der Waals surface area contributed by atoms with Gasteiger partial charge in [-0.05, 0) is 9.81 Å². The Kier molecular flexibility index (Phi) is 1.96. The second-order valence-electron chi connectivity index (χ2n) is 3.49. The van der Waals surface area contributed by atoms with E-state index in [0.717, 1.165) is 7.11 Å². The van der Waals surface area contributed by atoms with E-state index in [-0.39, 0.29) is 37.0 Å². The van der Waals surface area contributed by atoms with Gasteiger partial charge in [-0.15, -0.1) is 0 Å². The number of nitro benzene ring substituents is 1. The summed E-state index contributed by atoms with van der Waals surface area (Å²) in [5.74, 6) is -0.356. The molecule has 98 valence electrons. The fraction of sp³-hybridized carbons (Fsp3) is 0.143. The van der Waals surface area contributed by atoms with Gasteiger partial charge in [0.25, 0.3) is 11.3 Å². The third-order valence-electron chi connectivity index (χ3n) is 2.59. The van der Waals surface area contributed by atoms with Crippen LogP contribution < -0.4 is 13.9 Å². The fourth-order valence-corrected chi connectivity index (χ4v) is 1.87. The highest BCUT2D eigenvalue weighted by molar-refractivity contribution is 6.05. The molecule has 19 heavy (non-hydrogen) atoms. The van der Waals surface area contributed by atoms with Gasteiger partial charge in [0.2, 0.25) is 0 Å². The summed E-state index contributed by atoms with van der Waals surface area (Å²) in [6.07, 6.45) is 0. The Balaban J connectivity index is 2.77. The molecule has 0 atom stereocenters. The van der Waals surface area contributed by atoms with Crippen LogP contribution >= 0.6 is 0 Å². The zero-order valence-corrected chi connectivity index (χ0v) is 9.20. The normalized spacial score (nSPS) is 11.2. The van der Waals surface area contributed by atoms with Gasteiger partial charge in [0.15, 0.2) is 9.20 Å². The average molecular weight is 271 g/mol. The Morgan fingerprint density at radius 3 is 2.32 bits per heavy atom. The molecule has 0 aliphatic carbocycles. The number of benzene rings is 1. The van der Waals surface area contributed by atoms with E-state index in [9.17, 15) is 19.9 Å². The van der Waals surface area contributed by atoms with E-state index in [4.69, 9.17) is 4.74 Å². The molecule has 1 aromatic carbocycles. The summed E-state index contributed by atoms with van der Waals surface area (Å²) in [6.45, 7) is 0. The lowest BCUT2D eigenvalue weighted by molar-refractivity contribution is -0.692. The highest BCUT2D eigenvalue weighted by atomic mass is 16.7. The molecule has 2 N–H and O–H groups in total. The average Bonchev–Trinajstić information content (AvgIpc) is 2.92. The van der Waals surface area contributed by atoms with E-state index in [1.54, 1.807) is 0 Å². The summed E-state index contributed by atoms with van der Waals surface area (Å²) >= 11 is 0. The van der Waals surface area contributed by atoms with Crippen molar-refractivity contribution in [2.45, 2.75) is 0 Å². The highest BCUT2D eigenvalue weighted by Gasteiger charge is 2.40. The van der Waals surface area contributed by atoms with E-state index in [1.165, 1.54) is 0 Å². The molecule has 0 spiro atoms. The molecule has 0 saturated carbocycles. The van der Waals surface area contributed by atoms with Crippen molar-refractivity contribution >= 4 is 27.8 Å². The zero-order chi connectivity index (χ0) is 13.7. The quantitative estimate of drug-likeness (QED) is 0.473. The number of hydrogen-bond donors (Lipinski definition) is 2. The van der Waals surface area contributed by atoms with Crippen LogP contribution in [0.4, 0.5) is 5.69 Å². The third kappa shape index (κ3) is 1.21. The Morgan fingerprint density at radius 1 is 1.16 bits per heavy atom. The predicted octanol–water partition coefficient (Wildman–Crippen LogP) is -0.419. The molecule has 12 nitrogen and oxygen atoms in total. The van der Waals surface area contributed by atoms with E-state index in [2.05, 4.69) is 19.6 Å². The first-order chi connectivity index (χ1) is 9.06. The van der Waals surface area contributed by atoms with Crippen LogP contribution in [0.25, 0.3) is 22.1 Å². The monoisotopic (exact) mass is 271 g/mol. The van der Waals surface area contributed by atoms with Crippen LogP contribution in [0.15, 0.2) is 9.26 Å². The lowest BCUT2D eigenvalue weighted by atomic mass is 10.2. The van der Waals surface area contributed by atoms with Crippen molar-refractivity contribution in [1.29, 1.82) is 0 Å². The van der Waals surface area contributed by atoms with Gasteiger partial charge in [-0.3, -0.25) is 10.1 Å². The number of nitrogens with zero attached hydrogens (tertiary/aromatic N) is 3. The van der Waals surface area contributed by atoms with Crippen molar-refractivity contribution < 1.29 is 28.1 Å². The standard InChI is InChI=1S/C7H5N5O7/c1-17-7-5(10(13)14)2-4(11(15)18-8-2)3-6(7)12(16)19-9-3/h8-9H,1H3/q+2. The summed E-state index contributed by atoms with van der Waals surface area (Å²) in [4.78, 5) is 33.2. The molecule has 2 heterocycles. The Bertz CT molecular complexity index is 927. The van der Waals surface area contributed by atoms with Crippen LogP contribution in [0, 0.1) is 19.9 Å². The van der Waals surface area contributed by atoms with Crippen molar-refractivity contribution in [3.8, 4) is 5.75 Å². The van der Waals surface area contributed by atoms with Crippen molar-refractivity contribution in [3.05, 3.63) is 19.9 Å². The summed E-state index contributed by atoms with van der Waals surface area (Å²) in [5.41, 5.74) is -1.53.